The van der Waals surface area contributed by atoms with E-state index in [0.29, 0.717) is 17.6 Å². The monoisotopic (exact) mass is 183 g/mol. The molecule has 13 heavy (non-hydrogen) atoms. The molecule has 3 heteroatoms. The van der Waals surface area contributed by atoms with Gasteiger partial charge in [-0.25, -0.2) is 0 Å². The van der Waals surface area contributed by atoms with Crippen molar-refractivity contribution in [3.8, 4) is 0 Å². The lowest BCUT2D eigenvalue weighted by molar-refractivity contribution is 0.411. The van der Waals surface area contributed by atoms with Gasteiger partial charge >= 0.3 is 0 Å². The lowest BCUT2D eigenvalue weighted by atomic mass is 9.98. The van der Waals surface area contributed by atoms with Crippen LogP contribution in [0, 0.1) is 16.7 Å². The molecular formula is C10H21N3. The molecule has 3 nitrogen and oxygen atoms in total. The van der Waals surface area contributed by atoms with Gasteiger partial charge in [-0.05, 0) is 19.3 Å². The molecule has 1 heterocycles. The molecule has 76 valence electrons. The Hall–Kier alpha value is -0.860. The Morgan fingerprint density at radius 2 is 2.00 bits per heavy atom. The summed E-state index contributed by atoms with van der Waals surface area (Å²) >= 11 is 0. The Morgan fingerprint density at radius 1 is 1.46 bits per heavy atom. The average molecular weight is 183 g/mol. The van der Waals surface area contributed by atoms with Gasteiger partial charge in [-0.2, -0.15) is 0 Å². The number of piperidine rings is 1. The summed E-state index contributed by atoms with van der Waals surface area (Å²) < 4.78 is 0. The fourth-order valence-electron chi connectivity index (χ4n) is 1.40. The highest BCUT2D eigenvalue weighted by atomic mass is 15.2. The van der Waals surface area contributed by atoms with Crippen molar-refractivity contribution in [2.75, 3.05) is 6.54 Å². The van der Waals surface area contributed by atoms with Crippen molar-refractivity contribution in [3.05, 3.63) is 0 Å². The van der Waals surface area contributed by atoms with Crippen molar-refractivity contribution < 1.29 is 0 Å². The highest BCUT2D eigenvalue weighted by molar-refractivity contribution is 5.97. The maximum Gasteiger partial charge on any atom is 0.101 e. The first-order valence-corrected chi connectivity index (χ1v) is 5.01. The normalized spacial score (nSPS) is 22.0. The topological polar surface area (TPSA) is 50.9 Å². The van der Waals surface area contributed by atoms with Gasteiger partial charge in [0.05, 0.1) is 5.84 Å². The van der Waals surface area contributed by atoms with E-state index in [0.717, 1.165) is 19.4 Å². The van der Waals surface area contributed by atoms with Crippen molar-refractivity contribution in [1.82, 2.24) is 4.90 Å². The van der Waals surface area contributed by atoms with E-state index in [2.05, 4.69) is 6.92 Å². The number of nitrogens with one attached hydrogen (secondary N) is 2. The van der Waals surface area contributed by atoms with E-state index in [1.165, 1.54) is 0 Å². The van der Waals surface area contributed by atoms with Crippen LogP contribution in [0.15, 0.2) is 0 Å². The van der Waals surface area contributed by atoms with E-state index in [4.69, 9.17) is 10.8 Å². The van der Waals surface area contributed by atoms with Crippen LogP contribution in [0.2, 0.25) is 0 Å². The molecule has 1 atom stereocenters. The Balaban J connectivity index is 0.000000671. The molecule has 0 bridgehead atoms. The van der Waals surface area contributed by atoms with E-state index in [1.54, 1.807) is 11.8 Å². The maximum absolute atomic E-state index is 7.59. The van der Waals surface area contributed by atoms with Crippen LogP contribution in [0.3, 0.4) is 0 Å². The quantitative estimate of drug-likeness (QED) is 0.440. The van der Waals surface area contributed by atoms with Gasteiger partial charge < -0.3 is 4.90 Å². The average Bonchev–Trinajstić information content (AvgIpc) is 2.07. The number of rotatable bonds is 0. The van der Waals surface area contributed by atoms with Gasteiger partial charge in [-0.3, -0.25) is 10.8 Å². The summed E-state index contributed by atoms with van der Waals surface area (Å²) in [5.41, 5.74) is 0. The van der Waals surface area contributed by atoms with Gasteiger partial charge in [0.25, 0.3) is 0 Å². The summed E-state index contributed by atoms with van der Waals surface area (Å²) in [6.07, 6.45) is 1.94. The molecule has 0 aromatic rings. The first kappa shape index (κ1) is 12.1. The van der Waals surface area contributed by atoms with Gasteiger partial charge in [0.2, 0.25) is 0 Å². The molecule has 1 saturated heterocycles. The summed E-state index contributed by atoms with van der Waals surface area (Å²) in [6.45, 7) is 8.75. The zero-order chi connectivity index (χ0) is 10.4. The van der Waals surface area contributed by atoms with Crippen molar-refractivity contribution in [1.29, 1.82) is 10.8 Å². The second-order valence-electron chi connectivity index (χ2n) is 3.28. The Bertz CT molecular complexity index is 187. The van der Waals surface area contributed by atoms with Crippen molar-refractivity contribution in [2.45, 2.75) is 40.5 Å². The zero-order valence-electron chi connectivity index (χ0n) is 9.15. The Morgan fingerprint density at radius 3 is 2.38 bits per heavy atom. The number of nitrogens with zero attached hydrogens (tertiary/aromatic N) is 1. The first-order chi connectivity index (χ1) is 6.11. The van der Waals surface area contributed by atoms with Crippen molar-refractivity contribution >= 4 is 11.7 Å². The van der Waals surface area contributed by atoms with Crippen LogP contribution in [-0.2, 0) is 0 Å². The van der Waals surface area contributed by atoms with Gasteiger partial charge in [0.15, 0.2) is 0 Å². The van der Waals surface area contributed by atoms with Crippen LogP contribution >= 0.6 is 0 Å². The van der Waals surface area contributed by atoms with Gasteiger partial charge in [0, 0.05) is 13.0 Å². The molecule has 1 fully saturated rings. The van der Waals surface area contributed by atoms with Crippen LogP contribution in [-0.4, -0.2) is 23.1 Å². The predicted molar refractivity (Wildman–Crippen MR) is 57.6 cm³/mol. The SMILES string of the molecule is CC.CC(=N)N1CCC(C)CC1=N. The molecule has 0 aromatic heterocycles. The largest absolute Gasteiger partial charge is 0.319 e. The summed E-state index contributed by atoms with van der Waals surface area (Å²) in [6, 6.07) is 0. The van der Waals surface area contributed by atoms with Gasteiger partial charge in [0.1, 0.15) is 5.84 Å². The molecule has 0 amide bonds. The zero-order valence-corrected chi connectivity index (χ0v) is 9.15. The van der Waals surface area contributed by atoms with E-state index < -0.39 is 0 Å². The van der Waals surface area contributed by atoms with Crippen LogP contribution < -0.4 is 0 Å². The summed E-state index contributed by atoms with van der Waals surface area (Å²) in [5, 5.41) is 15.0. The molecule has 0 aromatic carbocycles. The Labute approximate surface area is 81.2 Å². The Kier molecular flexibility index (Phi) is 5.35. The summed E-state index contributed by atoms with van der Waals surface area (Å²) in [5.74, 6) is 1.73. The third kappa shape index (κ3) is 3.57. The number of amidine groups is 2. The second kappa shape index (κ2) is 5.73. The van der Waals surface area contributed by atoms with Crippen molar-refractivity contribution in [3.63, 3.8) is 0 Å². The molecule has 1 unspecified atom stereocenters. The van der Waals surface area contributed by atoms with Crippen LogP contribution in [0.1, 0.15) is 40.5 Å². The van der Waals surface area contributed by atoms with E-state index in [9.17, 15) is 0 Å². The first-order valence-electron chi connectivity index (χ1n) is 5.01. The lowest BCUT2D eigenvalue weighted by Gasteiger charge is -2.31. The van der Waals surface area contributed by atoms with Crippen LogP contribution in [0.4, 0.5) is 0 Å². The summed E-state index contributed by atoms with van der Waals surface area (Å²) in [4.78, 5) is 1.78. The molecule has 1 rings (SSSR count). The predicted octanol–water partition coefficient (Wildman–Crippen LogP) is 2.72. The van der Waals surface area contributed by atoms with Crippen LogP contribution in [0.5, 0.6) is 0 Å². The van der Waals surface area contributed by atoms with E-state index >= 15 is 0 Å². The maximum atomic E-state index is 7.59. The van der Waals surface area contributed by atoms with Crippen LogP contribution in [0.25, 0.3) is 0 Å². The third-order valence-electron chi connectivity index (χ3n) is 2.12. The number of hydrogen-bond acceptors (Lipinski definition) is 2. The van der Waals surface area contributed by atoms with Crippen molar-refractivity contribution in [2.24, 2.45) is 5.92 Å². The lowest BCUT2D eigenvalue weighted by Crippen LogP contribution is -2.40. The minimum Gasteiger partial charge on any atom is -0.319 e. The van der Waals surface area contributed by atoms with E-state index in [-0.39, 0.29) is 0 Å². The fraction of sp³-hybridized carbons (Fsp3) is 0.800. The molecule has 2 N–H and O–H groups in total. The highest BCUT2D eigenvalue weighted by Gasteiger charge is 2.20. The number of likely N-dealkylation sites (tertiary alicyclic amines) is 1. The molecule has 0 radical (unpaired) electrons. The molecule has 1 aliphatic rings. The smallest absolute Gasteiger partial charge is 0.101 e. The molecule has 0 saturated carbocycles. The minimum atomic E-state index is 0.502. The molecular weight excluding hydrogens is 162 g/mol. The molecule has 0 spiro atoms. The summed E-state index contributed by atoms with van der Waals surface area (Å²) in [7, 11) is 0. The second-order valence-corrected chi connectivity index (χ2v) is 3.28. The molecule has 0 aliphatic carbocycles. The highest BCUT2D eigenvalue weighted by Crippen LogP contribution is 2.17. The minimum absolute atomic E-state index is 0.502. The standard InChI is InChI=1S/C8H15N3.C2H6/c1-6-3-4-11(7(2)9)8(10)5-6;1-2/h6,9-10H,3-5H2,1-2H3;1-2H3. The van der Waals surface area contributed by atoms with Gasteiger partial charge in [-0.15, -0.1) is 0 Å². The third-order valence-corrected chi connectivity index (χ3v) is 2.12. The number of hydrogen-bond donors (Lipinski definition) is 2. The van der Waals surface area contributed by atoms with Gasteiger partial charge in [-0.1, -0.05) is 20.8 Å². The van der Waals surface area contributed by atoms with E-state index in [1.807, 2.05) is 13.8 Å². The fourth-order valence-corrected chi connectivity index (χ4v) is 1.40. The molecule has 1 aliphatic heterocycles.